The zero-order chi connectivity index (χ0) is 15.3. The van der Waals surface area contributed by atoms with Gasteiger partial charge < -0.3 is 9.42 Å². The van der Waals surface area contributed by atoms with E-state index in [4.69, 9.17) is 16.1 Å². The number of amides is 1. The number of nitrogens with zero attached hydrogens (tertiary/aromatic N) is 4. The van der Waals surface area contributed by atoms with Crippen molar-refractivity contribution in [2.45, 2.75) is 13.0 Å². The molecule has 0 saturated carbocycles. The van der Waals surface area contributed by atoms with Gasteiger partial charge in [0.1, 0.15) is 11.9 Å². The first kappa shape index (κ1) is 13.3. The van der Waals surface area contributed by atoms with E-state index < -0.39 is 11.9 Å². The van der Waals surface area contributed by atoms with Crippen LogP contribution in [-0.4, -0.2) is 31.9 Å². The first-order chi connectivity index (χ1) is 10.6. The summed E-state index contributed by atoms with van der Waals surface area (Å²) in [6, 6.07) is 3.17. The first-order valence-electron chi connectivity index (χ1n) is 6.68. The molecule has 4 heterocycles. The fourth-order valence-electron chi connectivity index (χ4n) is 2.59. The Morgan fingerprint density at radius 1 is 1.41 bits per heavy atom. The average molecular weight is 321 g/mol. The normalized spacial score (nSPS) is 14.4. The molecular weight excluding hydrogens is 311 g/mol. The fourth-order valence-corrected chi connectivity index (χ4v) is 2.75. The zero-order valence-corrected chi connectivity index (χ0v) is 12.0. The van der Waals surface area contributed by atoms with Crippen molar-refractivity contribution in [3.05, 3.63) is 52.5 Å². The highest BCUT2D eigenvalue weighted by molar-refractivity contribution is 6.30. The van der Waals surface area contributed by atoms with Gasteiger partial charge in [-0.3, -0.25) is 9.20 Å². The maximum atomic E-state index is 14.4. The number of carbonyl (C=O) groups excluding carboxylic acids is 1. The second-order valence-corrected chi connectivity index (χ2v) is 5.53. The Morgan fingerprint density at radius 2 is 2.27 bits per heavy atom. The van der Waals surface area contributed by atoms with Gasteiger partial charge in [0.2, 0.25) is 5.95 Å². The number of imidazole rings is 1. The lowest BCUT2D eigenvalue weighted by Crippen LogP contribution is -2.36. The largest absolute Gasteiger partial charge is 0.364 e. The molecule has 0 radical (unpaired) electrons. The summed E-state index contributed by atoms with van der Waals surface area (Å²) in [5, 5.41) is 4.23. The summed E-state index contributed by atoms with van der Waals surface area (Å²) in [4.78, 5) is 18.1. The maximum Gasteiger partial charge on any atom is 0.277 e. The Bertz CT molecular complexity index is 888. The van der Waals surface area contributed by atoms with Crippen LogP contribution in [0.25, 0.3) is 5.65 Å². The Labute approximate surface area is 129 Å². The third-order valence-electron chi connectivity index (χ3n) is 3.72. The second kappa shape index (κ2) is 4.81. The quantitative estimate of drug-likeness (QED) is 0.690. The van der Waals surface area contributed by atoms with E-state index in [1.807, 2.05) is 0 Å². The van der Waals surface area contributed by atoms with Gasteiger partial charge in [0.05, 0.1) is 17.3 Å². The van der Waals surface area contributed by atoms with Gasteiger partial charge in [0, 0.05) is 24.7 Å². The first-order valence-corrected chi connectivity index (χ1v) is 7.06. The minimum absolute atomic E-state index is 0.206. The van der Waals surface area contributed by atoms with Gasteiger partial charge >= 0.3 is 0 Å². The van der Waals surface area contributed by atoms with Gasteiger partial charge in [-0.2, -0.15) is 4.39 Å². The van der Waals surface area contributed by atoms with Gasteiger partial charge in [-0.25, -0.2) is 4.98 Å². The molecule has 6 nitrogen and oxygen atoms in total. The summed E-state index contributed by atoms with van der Waals surface area (Å²) in [5.41, 5.74) is 1.81. The average Bonchev–Trinajstić information content (AvgIpc) is 3.11. The molecule has 22 heavy (non-hydrogen) atoms. The van der Waals surface area contributed by atoms with Crippen LogP contribution in [0, 0.1) is 5.95 Å². The lowest BCUT2D eigenvalue weighted by atomic mass is 10.1. The molecule has 4 rings (SSSR count). The van der Waals surface area contributed by atoms with E-state index in [2.05, 4.69) is 10.1 Å². The molecule has 0 spiro atoms. The van der Waals surface area contributed by atoms with E-state index in [-0.39, 0.29) is 5.69 Å². The van der Waals surface area contributed by atoms with Crippen LogP contribution in [0.4, 0.5) is 4.39 Å². The number of hydrogen-bond acceptors (Lipinski definition) is 4. The number of carbonyl (C=O) groups is 1. The molecule has 3 aromatic heterocycles. The van der Waals surface area contributed by atoms with Crippen molar-refractivity contribution in [1.29, 1.82) is 0 Å². The predicted molar refractivity (Wildman–Crippen MR) is 75.1 cm³/mol. The van der Waals surface area contributed by atoms with E-state index in [1.165, 1.54) is 21.8 Å². The molecule has 0 aliphatic carbocycles. The summed E-state index contributed by atoms with van der Waals surface area (Å²) in [7, 11) is 0. The summed E-state index contributed by atoms with van der Waals surface area (Å²) in [5.74, 6) is -1.16. The van der Waals surface area contributed by atoms with Gasteiger partial charge in [-0.15, -0.1) is 0 Å². The minimum Gasteiger partial charge on any atom is -0.364 e. The molecule has 0 N–H and O–H groups in total. The van der Waals surface area contributed by atoms with Crippen molar-refractivity contribution in [2.24, 2.45) is 0 Å². The lowest BCUT2D eigenvalue weighted by molar-refractivity contribution is 0.0723. The van der Waals surface area contributed by atoms with Gasteiger partial charge in [0.25, 0.3) is 5.91 Å². The number of rotatable bonds is 1. The molecule has 1 amide bonds. The van der Waals surface area contributed by atoms with Crippen LogP contribution in [0.5, 0.6) is 0 Å². The van der Waals surface area contributed by atoms with Crippen molar-refractivity contribution < 1.29 is 13.7 Å². The van der Waals surface area contributed by atoms with E-state index in [1.54, 1.807) is 12.1 Å². The van der Waals surface area contributed by atoms with Crippen LogP contribution in [0.3, 0.4) is 0 Å². The van der Waals surface area contributed by atoms with E-state index >= 15 is 0 Å². The van der Waals surface area contributed by atoms with E-state index in [0.29, 0.717) is 30.2 Å². The molecule has 112 valence electrons. The molecule has 0 saturated heterocycles. The van der Waals surface area contributed by atoms with Crippen LogP contribution in [0.15, 0.2) is 29.1 Å². The molecule has 8 heteroatoms. The molecule has 1 aliphatic rings. The van der Waals surface area contributed by atoms with Crippen molar-refractivity contribution in [3.8, 4) is 0 Å². The van der Waals surface area contributed by atoms with Crippen LogP contribution in [0.2, 0.25) is 5.02 Å². The summed E-state index contributed by atoms with van der Waals surface area (Å²) in [6.45, 7) is 0.790. The SMILES string of the molecule is O=C(c1nc2ccc(Cl)cn2c1F)N1CCc2nocc2C1. The molecule has 0 atom stereocenters. The Balaban J connectivity index is 1.70. The lowest BCUT2D eigenvalue weighted by Gasteiger charge is -2.24. The highest BCUT2D eigenvalue weighted by Crippen LogP contribution is 2.21. The summed E-state index contributed by atoms with van der Waals surface area (Å²) >= 11 is 5.84. The number of fused-ring (bicyclic) bond motifs is 2. The van der Waals surface area contributed by atoms with E-state index in [9.17, 15) is 9.18 Å². The van der Waals surface area contributed by atoms with Crippen LogP contribution in [-0.2, 0) is 13.0 Å². The fraction of sp³-hybridized carbons (Fsp3) is 0.214. The highest BCUT2D eigenvalue weighted by atomic mass is 35.5. The third kappa shape index (κ3) is 1.97. The number of aromatic nitrogens is 3. The van der Waals surface area contributed by atoms with Gasteiger partial charge in [-0.1, -0.05) is 16.8 Å². The van der Waals surface area contributed by atoms with Crippen LogP contribution < -0.4 is 0 Å². The maximum absolute atomic E-state index is 14.4. The number of halogens is 2. The predicted octanol–water partition coefficient (Wildman–Crippen LogP) is 2.31. The molecular formula is C14H10ClFN4O2. The van der Waals surface area contributed by atoms with Gasteiger partial charge in [0.15, 0.2) is 5.69 Å². The molecule has 0 fully saturated rings. The number of pyridine rings is 1. The van der Waals surface area contributed by atoms with Crippen LogP contribution >= 0.6 is 11.6 Å². The third-order valence-corrected chi connectivity index (χ3v) is 3.95. The molecule has 3 aromatic rings. The molecule has 0 aromatic carbocycles. The molecule has 0 bridgehead atoms. The highest BCUT2D eigenvalue weighted by Gasteiger charge is 2.28. The minimum atomic E-state index is -0.710. The number of hydrogen-bond donors (Lipinski definition) is 0. The monoisotopic (exact) mass is 320 g/mol. The summed E-state index contributed by atoms with van der Waals surface area (Å²) < 4.78 is 20.5. The molecule has 0 unspecified atom stereocenters. The van der Waals surface area contributed by atoms with E-state index in [0.717, 1.165) is 11.3 Å². The topological polar surface area (TPSA) is 63.6 Å². The summed E-state index contributed by atoms with van der Waals surface area (Å²) in [6.07, 6.45) is 3.48. The zero-order valence-electron chi connectivity index (χ0n) is 11.3. The van der Waals surface area contributed by atoms with Gasteiger partial charge in [-0.05, 0) is 12.1 Å². The standard InChI is InChI=1S/C14H10ClFN4O2/c15-9-1-2-11-17-12(13(16)20(11)6-9)14(21)19-4-3-10-8(5-19)7-22-18-10/h1-2,6-7H,3-5H2. The van der Waals surface area contributed by atoms with Crippen molar-refractivity contribution >= 4 is 23.2 Å². The molecule has 1 aliphatic heterocycles. The van der Waals surface area contributed by atoms with Crippen molar-refractivity contribution in [2.75, 3.05) is 6.54 Å². The Kier molecular flexibility index (Phi) is 2.90. The Hall–Kier alpha value is -2.41. The van der Waals surface area contributed by atoms with Crippen molar-refractivity contribution in [3.63, 3.8) is 0 Å². The Morgan fingerprint density at radius 3 is 3.14 bits per heavy atom. The second-order valence-electron chi connectivity index (χ2n) is 5.09. The van der Waals surface area contributed by atoms with Crippen LogP contribution in [0.1, 0.15) is 21.7 Å². The van der Waals surface area contributed by atoms with Crippen molar-refractivity contribution in [1.82, 2.24) is 19.4 Å². The smallest absolute Gasteiger partial charge is 0.277 e.